The summed E-state index contributed by atoms with van der Waals surface area (Å²) in [6, 6.07) is 0. The molecule has 0 N–H and O–H groups in total. The second-order valence-electron chi connectivity index (χ2n) is 4.31. The van der Waals surface area contributed by atoms with E-state index in [0.717, 1.165) is 0 Å². The van der Waals surface area contributed by atoms with E-state index in [9.17, 15) is 29.7 Å². The van der Waals surface area contributed by atoms with E-state index in [1.54, 1.807) is 41.5 Å². The number of carboxylic acid groups (broad SMARTS) is 3. The van der Waals surface area contributed by atoms with Crippen molar-refractivity contribution in [2.24, 2.45) is 0 Å². The number of nitrogens with zero attached hydrogens (tertiary/aromatic N) is 3. The first-order valence-electron chi connectivity index (χ1n) is 8.04. The van der Waals surface area contributed by atoms with Gasteiger partial charge in [-0.25, -0.2) is 0 Å². The van der Waals surface area contributed by atoms with Crippen LogP contribution in [0.25, 0.3) is 0 Å². The maximum absolute atomic E-state index is 9.98. The van der Waals surface area contributed by atoms with Crippen molar-refractivity contribution in [1.29, 1.82) is 0 Å². The number of hydrogen-bond acceptors (Lipinski definition) is 6. The molecular formula is C15H30CrN3O6. The summed E-state index contributed by atoms with van der Waals surface area (Å²) in [6.45, 7) is 13.7. The molecule has 0 rings (SSSR count). The second kappa shape index (κ2) is 20.4. The van der Waals surface area contributed by atoms with Gasteiger partial charge in [-0.3, -0.25) is 0 Å². The molecule has 0 spiro atoms. The zero-order chi connectivity index (χ0) is 19.7. The Morgan fingerprint density at radius 2 is 0.640 bits per heavy atom. The quantitative estimate of drug-likeness (QED) is 0.563. The Hall–Kier alpha value is -1.66. The van der Waals surface area contributed by atoms with Gasteiger partial charge in [0.05, 0.1) is 0 Å². The number of hydrogen-bond donors (Lipinski definition) is 0. The Morgan fingerprint density at radius 1 is 0.520 bits per heavy atom. The van der Waals surface area contributed by atoms with E-state index in [1.165, 1.54) is 14.7 Å². The summed E-state index contributed by atoms with van der Waals surface area (Å²) in [6.07, 6.45) is -3.26. The van der Waals surface area contributed by atoms with Crippen LogP contribution in [0.3, 0.4) is 0 Å². The van der Waals surface area contributed by atoms with Gasteiger partial charge in [0.15, 0.2) is 0 Å². The van der Waals surface area contributed by atoms with Gasteiger partial charge in [-0.2, -0.15) is 0 Å². The topological polar surface area (TPSA) is 130 Å². The molecule has 0 bridgehead atoms. The van der Waals surface area contributed by atoms with Crippen LogP contribution in [0, 0.1) is 0 Å². The molecule has 3 amide bonds. The molecule has 147 valence electrons. The maximum Gasteiger partial charge on any atom is 3.00 e. The van der Waals surface area contributed by atoms with E-state index >= 15 is 0 Å². The van der Waals surface area contributed by atoms with Crippen LogP contribution in [0.1, 0.15) is 41.5 Å². The van der Waals surface area contributed by atoms with Crippen molar-refractivity contribution in [2.75, 3.05) is 39.3 Å². The van der Waals surface area contributed by atoms with Crippen LogP contribution in [0.2, 0.25) is 0 Å². The van der Waals surface area contributed by atoms with Crippen molar-refractivity contribution in [2.45, 2.75) is 41.5 Å². The van der Waals surface area contributed by atoms with Crippen LogP contribution in [0.4, 0.5) is 14.4 Å². The summed E-state index contributed by atoms with van der Waals surface area (Å²) in [5.41, 5.74) is 0. The van der Waals surface area contributed by atoms with Gasteiger partial charge in [0.1, 0.15) is 18.3 Å². The Morgan fingerprint density at radius 3 is 0.640 bits per heavy atom. The van der Waals surface area contributed by atoms with Crippen LogP contribution in [-0.4, -0.2) is 72.2 Å². The van der Waals surface area contributed by atoms with E-state index in [2.05, 4.69) is 0 Å². The van der Waals surface area contributed by atoms with E-state index in [-0.39, 0.29) is 17.4 Å². The molecule has 0 aromatic heterocycles. The first-order chi connectivity index (χ1) is 11.2. The molecular weight excluding hydrogens is 370 g/mol. The number of amides is 3. The van der Waals surface area contributed by atoms with Crippen molar-refractivity contribution >= 4 is 18.3 Å². The summed E-state index contributed by atoms with van der Waals surface area (Å²) < 4.78 is 0. The molecule has 0 saturated carbocycles. The minimum absolute atomic E-state index is 0. The molecule has 0 aliphatic rings. The average Bonchev–Trinajstić information content (AvgIpc) is 2.51. The summed E-state index contributed by atoms with van der Waals surface area (Å²) >= 11 is 0. The van der Waals surface area contributed by atoms with Crippen molar-refractivity contribution < 1.29 is 47.1 Å². The third-order valence-electron chi connectivity index (χ3n) is 3.06. The number of rotatable bonds is 6. The van der Waals surface area contributed by atoms with E-state index < -0.39 is 18.3 Å². The molecule has 0 saturated heterocycles. The fourth-order valence-corrected chi connectivity index (χ4v) is 1.45. The smallest absolute Gasteiger partial charge is 0.530 e. The van der Waals surface area contributed by atoms with Gasteiger partial charge < -0.3 is 44.4 Å². The molecule has 0 aromatic rings. The van der Waals surface area contributed by atoms with Crippen molar-refractivity contribution in [3.63, 3.8) is 0 Å². The zero-order valence-corrected chi connectivity index (χ0v) is 17.2. The van der Waals surface area contributed by atoms with Crippen LogP contribution >= 0.6 is 0 Å². The summed E-state index contributed by atoms with van der Waals surface area (Å²) in [7, 11) is 0. The molecule has 10 heteroatoms. The summed E-state index contributed by atoms with van der Waals surface area (Å²) in [5.74, 6) is 0. The van der Waals surface area contributed by atoms with Crippen molar-refractivity contribution in [3.8, 4) is 0 Å². The minimum atomic E-state index is -1.09. The molecule has 0 aromatic carbocycles. The Balaban J connectivity index is -0.000000130. The maximum atomic E-state index is 9.98. The monoisotopic (exact) mass is 400 g/mol. The summed E-state index contributed by atoms with van der Waals surface area (Å²) in [4.78, 5) is 33.6. The third-order valence-corrected chi connectivity index (χ3v) is 3.06. The van der Waals surface area contributed by atoms with Gasteiger partial charge >= 0.3 is 17.4 Å². The zero-order valence-electron chi connectivity index (χ0n) is 15.9. The Kier molecular flexibility index (Phi) is 25.4. The fraction of sp³-hybridized carbons (Fsp3) is 0.800. The average molecular weight is 400 g/mol. The van der Waals surface area contributed by atoms with E-state index in [4.69, 9.17) is 0 Å². The van der Waals surface area contributed by atoms with Crippen LogP contribution in [0.5, 0.6) is 0 Å². The van der Waals surface area contributed by atoms with Crippen molar-refractivity contribution in [3.05, 3.63) is 0 Å². The molecule has 0 aliphatic carbocycles. The largest absolute Gasteiger partial charge is 3.00 e. The normalized spacial score (nSPS) is 8.40. The van der Waals surface area contributed by atoms with Gasteiger partial charge in [-0.15, -0.1) is 0 Å². The van der Waals surface area contributed by atoms with Gasteiger partial charge in [-0.1, -0.05) is 0 Å². The molecule has 0 heterocycles. The Bertz CT molecular complexity index is 294. The molecule has 0 fully saturated rings. The standard InChI is InChI=1S/3C5H11NO2.Cr/c3*1-3-6(4-2)5(7)8;/h3*3-4H2,1-2H3,(H,7,8);/q;;;+3/p-3. The first-order valence-corrected chi connectivity index (χ1v) is 8.04. The van der Waals surface area contributed by atoms with Crippen molar-refractivity contribution in [1.82, 2.24) is 14.7 Å². The number of carbonyl (C=O) groups is 3. The second-order valence-corrected chi connectivity index (χ2v) is 4.31. The van der Waals surface area contributed by atoms with Gasteiger partial charge in [0.2, 0.25) is 0 Å². The van der Waals surface area contributed by atoms with Crippen LogP contribution < -0.4 is 15.3 Å². The predicted molar refractivity (Wildman–Crippen MR) is 85.0 cm³/mol. The third kappa shape index (κ3) is 18.5. The number of carbonyl (C=O) groups excluding carboxylic acids is 3. The molecule has 0 unspecified atom stereocenters. The molecule has 1 radical (unpaired) electrons. The minimum Gasteiger partial charge on any atom is -0.530 e. The molecule has 9 nitrogen and oxygen atoms in total. The first kappa shape index (κ1) is 31.1. The Labute approximate surface area is 161 Å². The SMILES string of the molecule is CCN(CC)C(=O)[O-].CCN(CC)C(=O)[O-].CCN(CC)C(=O)[O-].[Cr+3]. The summed E-state index contributed by atoms with van der Waals surface area (Å²) in [5, 5.41) is 29.9. The van der Waals surface area contributed by atoms with Gasteiger partial charge in [-0.05, 0) is 41.5 Å². The van der Waals surface area contributed by atoms with E-state index in [1.807, 2.05) is 0 Å². The van der Waals surface area contributed by atoms with Gasteiger partial charge in [0.25, 0.3) is 0 Å². The fourth-order valence-electron chi connectivity index (χ4n) is 1.45. The molecule has 25 heavy (non-hydrogen) atoms. The molecule has 0 aliphatic heterocycles. The predicted octanol–water partition coefficient (Wildman–Crippen LogP) is -0.988. The van der Waals surface area contributed by atoms with E-state index in [0.29, 0.717) is 39.3 Å². The molecule has 0 atom stereocenters. The van der Waals surface area contributed by atoms with Crippen LogP contribution in [-0.2, 0) is 17.4 Å². The van der Waals surface area contributed by atoms with Gasteiger partial charge in [0, 0.05) is 39.3 Å². The van der Waals surface area contributed by atoms with Crippen LogP contribution in [0.15, 0.2) is 0 Å².